The molecule has 21 heavy (non-hydrogen) atoms. The standard InChI is InChI=1S/C12H16N2O6S/c1-2-3-11(12(15)16)13-21(19,20)8-9-4-6-10(7-5-9)14(17)18/h4-7,11,13H,2-3,8H2,1H3,(H,15,16). The van der Waals surface area contributed by atoms with Gasteiger partial charge in [0.1, 0.15) is 6.04 Å². The van der Waals surface area contributed by atoms with Gasteiger partial charge in [0.05, 0.1) is 10.7 Å². The molecule has 0 fully saturated rings. The highest BCUT2D eigenvalue weighted by atomic mass is 32.2. The van der Waals surface area contributed by atoms with Crippen LogP contribution in [0.15, 0.2) is 24.3 Å². The molecule has 1 aromatic carbocycles. The number of sulfonamides is 1. The highest BCUT2D eigenvalue weighted by molar-refractivity contribution is 7.88. The van der Waals surface area contributed by atoms with Gasteiger partial charge in [0.2, 0.25) is 10.0 Å². The lowest BCUT2D eigenvalue weighted by atomic mass is 10.2. The first-order chi connectivity index (χ1) is 9.75. The molecule has 0 aromatic heterocycles. The lowest BCUT2D eigenvalue weighted by molar-refractivity contribution is -0.384. The molecule has 0 aliphatic carbocycles. The van der Waals surface area contributed by atoms with Crippen molar-refractivity contribution in [3.63, 3.8) is 0 Å². The Morgan fingerprint density at radius 2 is 1.95 bits per heavy atom. The van der Waals surface area contributed by atoms with Crippen LogP contribution in [0.25, 0.3) is 0 Å². The van der Waals surface area contributed by atoms with Crippen LogP contribution >= 0.6 is 0 Å². The van der Waals surface area contributed by atoms with Crippen molar-refractivity contribution >= 4 is 21.7 Å². The summed E-state index contributed by atoms with van der Waals surface area (Å²) < 4.78 is 25.9. The monoisotopic (exact) mass is 316 g/mol. The van der Waals surface area contributed by atoms with Crippen molar-refractivity contribution in [2.75, 3.05) is 0 Å². The van der Waals surface area contributed by atoms with Crippen LogP contribution in [0.1, 0.15) is 25.3 Å². The van der Waals surface area contributed by atoms with Gasteiger partial charge < -0.3 is 5.11 Å². The third-order valence-corrected chi connectivity index (χ3v) is 4.06. The van der Waals surface area contributed by atoms with E-state index in [9.17, 15) is 23.3 Å². The molecular weight excluding hydrogens is 300 g/mol. The Kier molecular flexibility index (Phi) is 5.79. The average molecular weight is 316 g/mol. The highest BCUT2D eigenvalue weighted by Gasteiger charge is 2.23. The summed E-state index contributed by atoms with van der Waals surface area (Å²) in [5.74, 6) is -1.66. The quantitative estimate of drug-likeness (QED) is 0.549. The van der Waals surface area contributed by atoms with Gasteiger partial charge in [0, 0.05) is 12.1 Å². The van der Waals surface area contributed by atoms with Crippen LogP contribution in [0.4, 0.5) is 5.69 Å². The fourth-order valence-corrected chi connectivity index (χ4v) is 3.08. The Labute approximate surface area is 122 Å². The third-order valence-electron chi connectivity index (χ3n) is 2.70. The van der Waals surface area contributed by atoms with Crippen LogP contribution in [-0.2, 0) is 20.6 Å². The molecule has 8 nitrogen and oxygen atoms in total. The molecule has 0 amide bonds. The minimum Gasteiger partial charge on any atom is -0.480 e. The van der Waals surface area contributed by atoms with E-state index >= 15 is 0 Å². The molecule has 1 unspecified atom stereocenters. The van der Waals surface area contributed by atoms with E-state index in [0.717, 1.165) is 0 Å². The Hall–Kier alpha value is -2.00. The zero-order valence-corrected chi connectivity index (χ0v) is 12.2. The minimum atomic E-state index is -3.83. The van der Waals surface area contributed by atoms with Gasteiger partial charge in [-0.15, -0.1) is 0 Å². The van der Waals surface area contributed by atoms with Gasteiger partial charge in [0.25, 0.3) is 5.69 Å². The SMILES string of the molecule is CCCC(NS(=O)(=O)Cc1ccc([N+](=O)[O-])cc1)C(=O)O. The summed E-state index contributed by atoms with van der Waals surface area (Å²) in [6, 6.07) is 3.88. The number of nitrogens with zero attached hydrogens (tertiary/aromatic N) is 1. The number of carboxylic acids is 1. The van der Waals surface area contributed by atoms with Crippen LogP contribution in [0.2, 0.25) is 0 Å². The molecular formula is C12H16N2O6S. The summed E-state index contributed by atoms with van der Waals surface area (Å²) in [6.07, 6.45) is 0.714. The Morgan fingerprint density at radius 1 is 1.38 bits per heavy atom. The number of nitrogens with one attached hydrogen (secondary N) is 1. The Balaban J connectivity index is 2.79. The number of carbonyl (C=O) groups is 1. The fraction of sp³-hybridized carbons (Fsp3) is 0.417. The maximum Gasteiger partial charge on any atom is 0.321 e. The molecule has 0 bridgehead atoms. The second-order valence-electron chi connectivity index (χ2n) is 4.48. The summed E-state index contributed by atoms with van der Waals surface area (Å²) in [6.45, 7) is 1.75. The fourth-order valence-electron chi connectivity index (χ4n) is 1.71. The summed E-state index contributed by atoms with van der Waals surface area (Å²) in [7, 11) is -3.83. The van der Waals surface area contributed by atoms with E-state index in [2.05, 4.69) is 4.72 Å². The van der Waals surface area contributed by atoms with Gasteiger partial charge in [0.15, 0.2) is 0 Å². The first-order valence-electron chi connectivity index (χ1n) is 6.21. The number of carboxylic acid groups (broad SMARTS) is 1. The zero-order chi connectivity index (χ0) is 16.0. The van der Waals surface area contributed by atoms with Gasteiger partial charge >= 0.3 is 5.97 Å². The van der Waals surface area contributed by atoms with Gasteiger partial charge in [-0.05, 0) is 12.0 Å². The Morgan fingerprint density at radius 3 is 2.38 bits per heavy atom. The predicted molar refractivity (Wildman–Crippen MR) is 75.2 cm³/mol. The zero-order valence-electron chi connectivity index (χ0n) is 11.4. The number of benzene rings is 1. The molecule has 0 aliphatic rings. The second kappa shape index (κ2) is 7.14. The molecule has 0 aliphatic heterocycles. The number of rotatable bonds is 8. The highest BCUT2D eigenvalue weighted by Crippen LogP contribution is 2.14. The predicted octanol–water partition coefficient (Wildman–Crippen LogP) is 1.27. The molecule has 0 saturated carbocycles. The largest absolute Gasteiger partial charge is 0.480 e. The average Bonchev–Trinajstić information content (AvgIpc) is 2.38. The molecule has 0 radical (unpaired) electrons. The van der Waals surface area contributed by atoms with Gasteiger partial charge in [-0.3, -0.25) is 14.9 Å². The molecule has 1 atom stereocenters. The number of nitro benzene ring substituents is 1. The molecule has 2 N–H and O–H groups in total. The van der Waals surface area contributed by atoms with Gasteiger partial charge in [-0.2, -0.15) is 0 Å². The van der Waals surface area contributed by atoms with Crippen LogP contribution in [0.3, 0.4) is 0 Å². The number of hydrogen-bond donors (Lipinski definition) is 2. The van der Waals surface area contributed by atoms with Crippen molar-refractivity contribution in [3.05, 3.63) is 39.9 Å². The van der Waals surface area contributed by atoms with Gasteiger partial charge in [-0.1, -0.05) is 25.5 Å². The summed E-state index contributed by atoms with van der Waals surface area (Å²) in [5, 5.41) is 19.4. The van der Waals surface area contributed by atoms with Gasteiger partial charge in [-0.25, -0.2) is 13.1 Å². The lowest BCUT2D eigenvalue weighted by Gasteiger charge is -2.13. The third kappa shape index (κ3) is 5.48. The van der Waals surface area contributed by atoms with Crippen LogP contribution in [0, 0.1) is 10.1 Å². The lowest BCUT2D eigenvalue weighted by Crippen LogP contribution is -2.41. The van der Waals surface area contributed by atoms with Crippen molar-refractivity contribution in [2.45, 2.75) is 31.6 Å². The molecule has 0 saturated heterocycles. The molecule has 1 aromatic rings. The van der Waals surface area contributed by atoms with E-state index in [-0.39, 0.29) is 12.1 Å². The maximum absolute atomic E-state index is 11.9. The van der Waals surface area contributed by atoms with E-state index in [1.54, 1.807) is 6.92 Å². The molecule has 1 rings (SSSR count). The number of non-ortho nitro benzene ring substituents is 1. The smallest absolute Gasteiger partial charge is 0.321 e. The minimum absolute atomic E-state index is 0.140. The first-order valence-corrected chi connectivity index (χ1v) is 7.86. The van der Waals surface area contributed by atoms with Crippen LogP contribution < -0.4 is 4.72 Å². The molecule has 9 heteroatoms. The van der Waals surface area contributed by atoms with Crippen molar-refractivity contribution in [1.82, 2.24) is 4.72 Å². The van der Waals surface area contributed by atoms with E-state index in [0.29, 0.717) is 12.0 Å². The molecule has 116 valence electrons. The van der Waals surface area contributed by atoms with E-state index in [4.69, 9.17) is 5.11 Å². The van der Waals surface area contributed by atoms with Crippen molar-refractivity contribution in [2.24, 2.45) is 0 Å². The topological polar surface area (TPSA) is 127 Å². The van der Waals surface area contributed by atoms with Crippen LogP contribution in [-0.4, -0.2) is 30.5 Å². The summed E-state index contributed by atoms with van der Waals surface area (Å²) >= 11 is 0. The van der Waals surface area contributed by atoms with Crippen molar-refractivity contribution in [3.8, 4) is 0 Å². The van der Waals surface area contributed by atoms with E-state index in [1.165, 1.54) is 24.3 Å². The second-order valence-corrected chi connectivity index (χ2v) is 6.23. The normalized spacial score (nSPS) is 12.8. The Bertz CT molecular complexity index is 611. The summed E-state index contributed by atoms with van der Waals surface area (Å²) in [5.41, 5.74) is 0.201. The van der Waals surface area contributed by atoms with Crippen molar-refractivity contribution < 1.29 is 23.2 Å². The van der Waals surface area contributed by atoms with Crippen LogP contribution in [0.5, 0.6) is 0 Å². The van der Waals surface area contributed by atoms with E-state index < -0.39 is 32.7 Å². The number of nitro groups is 1. The number of aliphatic carboxylic acids is 1. The van der Waals surface area contributed by atoms with Crippen molar-refractivity contribution in [1.29, 1.82) is 0 Å². The number of hydrogen-bond acceptors (Lipinski definition) is 5. The first kappa shape index (κ1) is 17.1. The molecule has 0 heterocycles. The van der Waals surface area contributed by atoms with E-state index in [1.807, 2.05) is 0 Å². The molecule has 0 spiro atoms. The maximum atomic E-state index is 11.9. The summed E-state index contributed by atoms with van der Waals surface area (Å²) in [4.78, 5) is 20.9.